The zero-order valence-electron chi connectivity index (χ0n) is 9.34. The van der Waals surface area contributed by atoms with Gasteiger partial charge in [-0.2, -0.15) is 0 Å². The van der Waals surface area contributed by atoms with Crippen molar-refractivity contribution in [2.45, 2.75) is 38.7 Å². The highest BCUT2D eigenvalue weighted by Crippen LogP contribution is 2.31. The number of hydrogen-bond donors (Lipinski definition) is 0. The number of ether oxygens (including phenoxy) is 1. The molecular weight excluding hydrogens is 208 g/mol. The van der Waals surface area contributed by atoms with Gasteiger partial charge in [0.05, 0.1) is 11.7 Å². The van der Waals surface area contributed by atoms with Crippen molar-refractivity contribution in [1.82, 2.24) is 4.98 Å². The number of pyridine rings is 1. The number of hydrogen-bond acceptors (Lipinski definition) is 4. The van der Waals surface area contributed by atoms with Crippen molar-refractivity contribution in [3.05, 3.63) is 27.9 Å². The Morgan fingerprint density at radius 3 is 2.75 bits per heavy atom. The molecule has 1 heterocycles. The first kappa shape index (κ1) is 10.9. The summed E-state index contributed by atoms with van der Waals surface area (Å²) in [7, 11) is 0. The zero-order chi connectivity index (χ0) is 11.7. The van der Waals surface area contributed by atoms with Gasteiger partial charge in [0.15, 0.2) is 11.9 Å². The van der Waals surface area contributed by atoms with Crippen LogP contribution in [-0.2, 0) is 0 Å². The van der Waals surface area contributed by atoms with Crippen molar-refractivity contribution < 1.29 is 9.66 Å². The van der Waals surface area contributed by atoms with E-state index in [1.54, 1.807) is 6.07 Å². The quantitative estimate of drug-likeness (QED) is 0.580. The molecule has 0 aliphatic heterocycles. The highest BCUT2D eigenvalue weighted by molar-refractivity contribution is 5.40. The molecule has 5 nitrogen and oxygen atoms in total. The molecule has 1 fully saturated rings. The monoisotopic (exact) mass is 222 g/mol. The van der Waals surface area contributed by atoms with Gasteiger partial charge in [-0.3, -0.25) is 0 Å². The second kappa shape index (κ2) is 4.08. The summed E-state index contributed by atoms with van der Waals surface area (Å²) in [6, 6.07) is 1.73. The normalized spacial score (nSPS) is 15.2. The van der Waals surface area contributed by atoms with Crippen molar-refractivity contribution in [3.63, 3.8) is 0 Å². The lowest BCUT2D eigenvalue weighted by Crippen LogP contribution is -2.03. The second-order valence-electron chi connectivity index (χ2n) is 4.31. The summed E-state index contributed by atoms with van der Waals surface area (Å²) in [5.41, 5.74) is 0.628. The summed E-state index contributed by atoms with van der Waals surface area (Å²) in [4.78, 5) is 14.2. The van der Waals surface area contributed by atoms with Crippen molar-refractivity contribution in [1.29, 1.82) is 0 Å². The first-order chi connectivity index (χ1) is 7.58. The molecule has 0 bridgehead atoms. The Morgan fingerprint density at radius 2 is 2.25 bits per heavy atom. The molecule has 0 N–H and O–H groups in total. The number of nitro groups is 1. The van der Waals surface area contributed by atoms with Crippen LogP contribution in [0.4, 0.5) is 5.82 Å². The third kappa shape index (κ3) is 2.29. The predicted molar refractivity (Wildman–Crippen MR) is 58.6 cm³/mol. The molecule has 86 valence electrons. The summed E-state index contributed by atoms with van der Waals surface area (Å²) in [6.45, 7) is 3.82. The molecule has 1 saturated carbocycles. The van der Waals surface area contributed by atoms with Crippen molar-refractivity contribution >= 4 is 5.82 Å². The number of nitrogens with zero attached hydrogens (tertiary/aromatic N) is 2. The maximum Gasteiger partial charge on any atom is 0.367 e. The van der Waals surface area contributed by atoms with Crippen LogP contribution >= 0.6 is 0 Å². The van der Waals surface area contributed by atoms with E-state index in [-0.39, 0.29) is 17.8 Å². The van der Waals surface area contributed by atoms with Gasteiger partial charge in [-0.25, -0.2) is 0 Å². The van der Waals surface area contributed by atoms with Gasteiger partial charge in [0.1, 0.15) is 0 Å². The lowest BCUT2D eigenvalue weighted by atomic mass is 10.0. The largest absolute Gasteiger partial charge is 0.486 e. The van der Waals surface area contributed by atoms with E-state index in [9.17, 15) is 10.1 Å². The van der Waals surface area contributed by atoms with Crippen LogP contribution in [0.2, 0.25) is 0 Å². The van der Waals surface area contributed by atoms with Crippen LogP contribution in [0.5, 0.6) is 5.75 Å². The summed E-state index contributed by atoms with van der Waals surface area (Å²) >= 11 is 0. The van der Waals surface area contributed by atoms with Gasteiger partial charge in [-0.05, 0) is 34.7 Å². The van der Waals surface area contributed by atoms with Gasteiger partial charge in [0.2, 0.25) is 0 Å². The molecule has 1 aromatic rings. The van der Waals surface area contributed by atoms with Crippen LogP contribution < -0.4 is 4.74 Å². The van der Waals surface area contributed by atoms with E-state index in [2.05, 4.69) is 4.98 Å². The van der Waals surface area contributed by atoms with Gasteiger partial charge in [0, 0.05) is 0 Å². The van der Waals surface area contributed by atoms with E-state index in [1.807, 2.05) is 13.8 Å². The Hall–Kier alpha value is -1.65. The van der Waals surface area contributed by atoms with Crippen LogP contribution in [0.1, 0.15) is 38.2 Å². The molecule has 0 saturated heterocycles. The fourth-order valence-corrected chi connectivity index (χ4v) is 1.47. The second-order valence-corrected chi connectivity index (χ2v) is 4.31. The SMILES string of the molecule is CC(C)c1cc(OC2CC2)cnc1[N+](=O)[O-]. The Labute approximate surface area is 93.6 Å². The van der Waals surface area contributed by atoms with E-state index in [4.69, 9.17) is 4.74 Å². The molecule has 5 heteroatoms. The molecule has 0 aromatic carbocycles. The fourth-order valence-electron chi connectivity index (χ4n) is 1.47. The Kier molecular flexibility index (Phi) is 2.77. The Balaban J connectivity index is 2.30. The third-order valence-electron chi connectivity index (χ3n) is 2.49. The van der Waals surface area contributed by atoms with Crippen molar-refractivity contribution in [2.24, 2.45) is 0 Å². The minimum atomic E-state index is -0.448. The average molecular weight is 222 g/mol. The van der Waals surface area contributed by atoms with E-state index < -0.39 is 4.92 Å². The van der Waals surface area contributed by atoms with Crippen LogP contribution in [0.25, 0.3) is 0 Å². The topological polar surface area (TPSA) is 65.3 Å². The lowest BCUT2D eigenvalue weighted by molar-refractivity contribution is -0.390. The molecule has 1 aromatic heterocycles. The van der Waals surface area contributed by atoms with E-state index in [1.165, 1.54) is 6.20 Å². The molecule has 1 aliphatic carbocycles. The van der Waals surface area contributed by atoms with Gasteiger partial charge >= 0.3 is 5.82 Å². The van der Waals surface area contributed by atoms with Crippen LogP contribution in [0, 0.1) is 10.1 Å². The van der Waals surface area contributed by atoms with Gasteiger partial charge in [-0.1, -0.05) is 13.8 Å². The zero-order valence-corrected chi connectivity index (χ0v) is 9.34. The summed E-state index contributed by atoms with van der Waals surface area (Å²) in [5.74, 6) is 0.630. The Bertz CT molecular complexity index is 414. The van der Waals surface area contributed by atoms with Crippen molar-refractivity contribution in [2.75, 3.05) is 0 Å². The third-order valence-corrected chi connectivity index (χ3v) is 2.49. The standard InChI is InChI=1S/C11H14N2O3/c1-7(2)10-5-9(16-8-3-4-8)6-12-11(10)13(14)15/h5-8H,3-4H2,1-2H3. The molecule has 0 radical (unpaired) electrons. The molecule has 0 amide bonds. The number of aromatic nitrogens is 1. The smallest absolute Gasteiger partial charge is 0.367 e. The lowest BCUT2D eigenvalue weighted by Gasteiger charge is -2.08. The maximum atomic E-state index is 10.8. The number of rotatable bonds is 4. The first-order valence-electron chi connectivity index (χ1n) is 5.39. The molecule has 16 heavy (non-hydrogen) atoms. The average Bonchev–Trinajstić information content (AvgIpc) is 3.01. The van der Waals surface area contributed by atoms with Crippen LogP contribution in [-0.4, -0.2) is 16.0 Å². The van der Waals surface area contributed by atoms with E-state index in [0.29, 0.717) is 11.3 Å². The summed E-state index contributed by atoms with van der Waals surface area (Å²) in [5, 5.41) is 10.8. The minimum absolute atomic E-state index is 0.0654. The molecule has 0 unspecified atom stereocenters. The highest BCUT2D eigenvalue weighted by Gasteiger charge is 2.26. The van der Waals surface area contributed by atoms with Crippen molar-refractivity contribution in [3.8, 4) is 5.75 Å². The highest BCUT2D eigenvalue weighted by atomic mass is 16.6. The van der Waals surface area contributed by atoms with Gasteiger partial charge < -0.3 is 14.9 Å². The molecule has 1 aliphatic rings. The Morgan fingerprint density at radius 1 is 1.56 bits per heavy atom. The maximum absolute atomic E-state index is 10.8. The van der Waals surface area contributed by atoms with Crippen LogP contribution in [0.15, 0.2) is 12.3 Å². The minimum Gasteiger partial charge on any atom is -0.486 e. The van der Waals surface area contributed by atoms with Gasteiger partial charge in [-0.15, -0.1) is 0 Å². The molecule has 0 spiro atoms. The first-order valence-corrected chi connectivity index (χ1v) is 5.39. The van der Waals surface area contributed by atoms with E-state index >= 15 is 0 Å². The van der Waals surface area contributed by atoms with Crippen LogP contribution in [0.3, 0.4) is 0 Å². The molecule has 0 atom stereocenters. The van der Waals surface area contributed by atoms with E-state index in [0.717, 1.165) is 12.8 Å². The summed E-state index contributed by atoms with van der Waals surface area (Å²) < 4.78 is 5.57. The molecular formula is C11H14N2O3. The molecule has 2 rings (SSSR count). The van der Waals surface area contributed by atoms with Gasteiger partial charge in [0.25, 0.3) is 0 Å². The fraction of sp³-hybridized carbons (Fsp3) is 0.545. The summed E-state index contributed by atoms with van der Waals surface area (Å²) in [6.07, 6.45) is 3.84. The predicted octanol–water partition coefficient (Wildman–Crippen LogP) is 2.65.